The standard InChI is InChI=1S/C10H16N2O4/c1-2-12(9(14)10(15)16)7-5-3-4-6-11-8(7)13/h7H,2-6H2,1H3,(H,11,13)(H,15,16). The van der Waals surface area contributed by atoms with Gasteiger partial charge in [0.05, 0.1) is 0 Å². The number of hydrogen-bond acceptors (Lipinski definition) is 3. The highest BCUT2D eigenvalue weighted by molar-refractivity contribution is 6.31. The van der Waals surface area contributed by atoms with Crippen LogP contribution in [-0.2, 0) is 14.4 Å². The Morgan fingerprint density at radius 3 is 2.75 bits per heavy atom. The predicted molar refractivity (Wildman–Crippen MR) is 55.7 cm³/mol. The summed E-state index contributed by atoms with van der Waals surface area (Å²) >= 11 is 0. The second kappa shape index (κ2) is 5.48. The summed E-state index contributed by atoms with van der Waals surface area (Å²) in [6.07, 6.45) is 2.20. The molecule has 0 aromatic heterocycles. The summed E-state index contributed by atoms with van der Waals surface area (Å²) in [5.74, 6) is -2.78. The molecule has 2 N–H and O–H groups in total. The van der Waals surface area contributed by atoms with E-state index in [4.69, 9.17) is 5.11 Å². The summed E-state index contributed by atoms with van der Waals surface area (Å²) in [5, 5.41) is 11.3. The van der Waals surface area contributed by atoms with Gasteiger partial charge in [0.25, 0.3) is 0 Å². The van der Waals surface area contributed by atoms with E-state index in [1.54, 1.807) is 6.92 Å². The molecule has 1 heterocycles. The Morgan fingerprint density at radius 2 is 2.19 bits per heavy atom. The number of rotatable bonds is 2. The second-order valence-corrected chi connectivity index (χ2v) is 3.70. The molecule has 2 amide bonds. The summed E-state index contributed by atoms with van der Waals surface area (Å²) in [7, 11) is 0. The van der Waals surface area contributed by atoms with Crippen LogP contribution in [0.1, 0.15) is 26.2 Å². The molecule has 0 radical (unpaired) electrons. The number of nitrogens with one attached hydrogen (secondary N) is 1. The average Bonchev–Trinajstić information content (AvgIpc) is 2.45. The van der Waals surface area contributed by atoms with Gasteiger partial charge in [-0.3, -0.25) is 9.59 Å². The van der Waals surface area contributed by atoms with Crippen molar-refractivity contribution in [1.82, 2.24) is 10.2 Å². The largest absolute Gasteiger partial charge is 0.474 e. The predicted octanol–water partition coefficient (Wildman–Crippen LogP) is -0.412. The minimum Gasteiger partial charge on any atom is -0.474 e. The Hall–Kier alpha value is -1.59. The molecule has 6 heteroatoms. The quantitative estimate of drug-likeness (QED) is 0.629. The lowest BCUT2D eigenvalue weighted by Crippen LogP contribution is -2.50. The van der Waals surface area contributed by atoms with Crippen LogP contribution in [0.3, 0.4) is 0 Å². The average molecular weight is 228 g/mol. The van der Waals surface area contributed by atoms with Crippen LogP contribution in [0.2, 0.25) is 0 Å². The minimum absolute atomic E-state index is 0.225. The summed E-state index contributed by atoms with van der Waals surface area (Å²) < 4.78 is 0. The summed E-state index contributed by atoms with van der Waals surface area (Å²) in [5.41, 5.74) is 0. The molecule has 0 bridgehead atoms. The number of carboxylic acid groups (broad SMARTS) is 1. The van der Waals surface area contributed by atoms with Gasteiger partial charge < -0.3 is 15.3 Å². The fourth-order valence-electron chi connectivity index (χ4n) is 1.85. The molecule has 1 unspecified atom stereocenters. The van der Waals surface area contributed by atoms with Crippen LogP contribution in [0, 0.1) is 0 Å². The van der Waals surface area contributed by atoms with E-state index in [1.807, 2.05) is 0 Å². The van der Waals surface area contributed by atoms with E-state index in [1.165, 1.54) is 0 Å². The van der Waals surface area contributed by atoms with Crippen molar-refractivity contribution in [2.75, 3.05) is 13.1 Å². The summed E-state index contributed by atoms with van der Waals surface area (Å²) in [4.78, 5) is 34.7. The molecule has 16 heavy (non-hydrogen) atoms. The van der Waals surface area contributed by atoms with Crippen LogP contribution >= 0.6 is 0 Å². The molecule has 0 aromatic rings. The van der Waals surface area contributed by atoms with E-state index in [-0.39, 0.29) is 12.5 Å². The first kappa shape index (κ1) is 12.5. The molecule has 1 aliphatic rings. The minimum atomic E-state index is -1.51. The molecular weight excluding hydrogens is 212 g/mol. The first-order valence-corrected chi connectivity index (χ1v) is 5.39. The van der Waals surface area contributed by atoms with Gasteiger partial charge in [-0.25, -0.2) is 4.79 Å². The number of carbonyl (C=O) groups is 3. The molecule has 1 saturated heterocycles. The number of carbonyl (C=O) groups excluding carboxylic acids is 2. The van der Waals surface area contributed by atoms with Gasteiger partial charge in [-0.05, 0) is 26.2 Å². The molecule has 1 fully saturated rings. The smallest absolute Gasteiger partial charge is 0.394 e. The molecular formula is C10H16N2O4. The van der Waals surface area contributed by atoms with Crippen LogP contribution < -0.4 is 5.32 Å². The van der Waals surface area contributed by atoms with Crippen molar-refractivity contribution in [1.29, 1.82) is 0 Å². The Labute approximate surface area is 93.6 Å². The van der Waals surface area contributed by atoms with Gasteiger partial charge in [0.15, 0.2) is 0 Å². The normalized spacial score (nSPS) is 20.8. The summed E-state index contributed by atoms with van der Waals surface area (Å²) in [6, 6.07) is -0.643. The topological polar surface area (TPSA) is 86.7 Å². The summed E-state index contributed by atoms with van der Waals surface area (Å²) in [6.45, 7) is 2.48. The second-order valence-electron chi connectivity index (χ2n) is 3.70. The number of nitrogens with zero attached hydrogens (tertiary/aromatic N) is 1. The number of aliphatic carboxylic acids is 1. The van der Waals surface area contributed by atoms with Crippen molar-refractivity contribution in [3.63, 3.8) is 0 Å². The van der Waals surface area contributed by atoms with Crippen molar-refractivity contribution in [3.8, 4) is 0 Å². The van der Waals surface area contributed by atoms with Crippen molar-refractivity contribution in [2.45, 2.75) is 32.2 Å². The Kier molecular flexibility index (Phi) is 4.28. The zero-order valence-corrected chi connectivity index (χ0v) is 9.23. The maximum atomic E-state index is 11.6. The molecule has 1 aliphatic heterocycles. The van der Waals surface area contributed by atoms with Gasteiger partial charge in [0, 0.05) is 13.1 Å². The number of amides is 2. The fraction of sp³-hybridized carbons (Fsp3) is 0.700. The monoisotopic (exact) mass is 228 g/mol. The molecule has 0 aromatic carbocycles. The lowest BCUT2D eigenvalue weighted by atomic mass is 10.1. The van der Waals surface area contributed by atoms with Gasteiger partial charge in [0.1, 0.15) is 6.04 Å². The van der Waals surface area contributed by atoms with E-state index < -0.39 is 17.9 Å². The van der Waals surface area contributed by atoms with Crippen molar-refractivity contribution in [2.24, 2.45) is 0 Å². The first-order chi connectivity index (χ1) is 7.57. The Morgan fingerprint density at radius 1 is 1.50 bits per heavy atom. The lowest BCUT2D eigenvalue weighted by molar-refractivity contribution is -0.158. The maximum absolute atomic E-state index is 11.6. The molecule has 90 valence electrons. The lowest BCUT2D eigenvalue weighted by Gasteiger charge is -2.26. The van der Waals surface area contributed by atoms with Gasteiger partial charge in [-0.2, -0.15) is 0 Å². The van der Waals surface area contributed by atoms with Crippen LogP contribution in [0.15, 0.2) is 0 Å². The van der Waals surface area contributed by atoms with Gasteiger partial charge in [-0.1, -0.05) is 0 Å². The zero-order valence-electron chi connectivity index (χ0n) is 9.23. The fourth-order valence-corrected chi connectivity index (χ4v) is 1.85. The molecule has 0 aliphatic carbocycles. The SMILES string of the molecule is CCN(C(=O)C(=O)O)C1CCCCNC1=O. The van der Waals surface area contributed by atoms with E-state index in [0.717, 1.165) is 17.7 Å². The molecule has 0 spiro atoms. The van der Waals surface area contributed by atoms with Crippen molar-refractivity contribution in [3.05, 3.63) is 0 Å². The van der Waals surface area contributed by atoms with Crippen LogP contribution in [0.25, 0.3) is 0 Å². The third-order valence-electron chi connectivity index (χ3n) is 2.67. The number of carboxylic acids is 1. The van der Waals surface area contributed by atoms with Gasteiger partial charge in [0.2, 0.25) is 5.91 Å². The molecule has 1 rings (SSSR count). The third-order valence-corrected chi connectivity index (χ3v) is 2.67. The van der Waals surface area contributed by atoms with Gasteiger partial charge in [-0.15, -0.1) is 0 Å². The highest BCUT2D eigenvalue weighted by atomic mass is 16.4. The van der Waals surface area contributed by atoms with E-state index in [9.17, 15) is 14.4 Å². The van der Waals surface area contributed by atoms with E-state index >= 15 is 0 Å². The van der Waals surface area contributed by atoms with Crippen molar-refractivity contribution < 1.29 is 19.5 Å². The van der Waals surface area contributed by atoms with E-state index in [2.05, 4.69) is 5.32 Å². The zero-order chi connectivity index (χ0) is 12.1. The van der Waals surface area contributed by atoms with E-state index in [0.29, 0.717) is 13.0 Å². The Bertz CT molecular complexity index is 303. The molecule has 1 atom stereocenters. The number of likely N-dealkylation sites (N-methyl/N-ethyl adjacent to an activating group) is 1. The third kappa shape index (κ3) is 2.71. The van der Waals surface area contributed by atoms with Gasteiger partial charge >= 0.3 is 11.9 Å². The molecule has 0 saturated carbocycles. The van der Waals surface area contributed by atoms with Crippen LogP contribution in [0.4, 0.5) is 0 Å². The highest BCUT2D eigenvalue weighted by Crippen LogP contribution is 2.12. The molecule has 6 nitrogen and oxygen atoms in total. The van der Waals surface area contributed by atoms with Crippen molar-refractivity contribution >= 4 is 17.8 Å². The van der Waals surface area contributed by atoms with Crippen LogP contribution in [0.5, 0.6) is 0 Å². The maximum Gasteiger partial charge on any atom is 0.394 e. The number of hydrogen-bond donors (Lipinski definition) is 2. The first-order valence-electron chi connectivity index (χ1n) is 5.39. The Balaban J connectivity index is 2.80. The van der Waals surface area contributed by atoms with Crippen LogP contribution in [-0.4, -0.2) is 46.9 Å². The highest BCUT2D eigenvalue weighted by Gasteiger charge is 2.32.